The van der Waals surface area contributed by atoms with E-state index in [4.69, 9.17) is 9.47 Å². The molecule has 0 spiro atoms. The van der Waals surface area contributed by atoms with Crippen molar-refractivity contribution in [1.82, 2.24) is 5.32 Å². The van der Waals surface area contributed by atoms with E-state index in [0.29, 0.717) is 18.1 Å². The molecule has 0 bridgehead atoms. The molecule has 0 aromatic rings. The van der Waals surface area contributed by atoms with Gasteiger partial charge in [-0.15, -0.1) is 0 Å². The van der Waals surface area contributed by atoms with Crippen LogP contribution in [0.3, 0.4) is 0 Å². The van der Waals surface area contributed by atoms with Crippen LogP contribution < -0.4 is 5.32 Å². The van der Waals surface area contributed by atoms with Gasteiger partial charge in [0.2, 0.25) is 0 Å². The van der Waals surface area contributed by atoms with Crippen molar-refractivity contribution in [2.75, 3.05) is 26.8 Å². The SMILES string of the molecule is COCC(C)CNCC1CCC(C)O1. The van der Waals surface area contributed by atoms with Crippen LogP contribution in [0, 0.1) is 5.92 Å². The van der Waals surface area contributed by atoms with Crippen LogP contribution in [0.1, 0.15) is 26.7 Å². The monoisotopic (exact) mass is 201 g/mol. The van der Waals surface area contributed by atoms with Crippen molar-refractivity contribution < 1.29 is 9.47 Å². The fraction of sp³-hybridized carbons (Fsp3) is 1.00. The van der Waals surface area contributed by atoms with Crippen LogP contribution in [0.2, 0.25) is 0 Å². The fourth-order valence-electron chi connectivity index (χ4n) is 1.87. The maximum absolute atomic E-state index is 5.71. The highest BCUT2D eigenvalue weighted by molar-refractivity contribution is 4.72. The summed E-state index contributed by atoms with van der Waals surface area (Å²) in [6, 6.07) is 0. The minimum Gasteiger partial charge on any atom is -0.384 e. The number of hydrogen-bond acceptors (Lipinski definition) is 3. The van der Waals surface area contributed by atoms with Gasteiger partial charge in [0.15, 0.2) is 0 Å². The van der Waals surface area contributed by atoms with Gasteiger partial charge in [-0.05, 0) is 32.2 Å². The van der Waals surface area contributed by atoms with Crippen LogP contribution in [0.15, 0.2) is 0 Å². The molecule has 1 heterocycles. The first-order valence-corrected chi connectivity index (χ1v) is 5.57. The lowest BCUT2D eigenvalue weighted by Gasteiger charge is -2.15. The van der Waals surface area contributed by atoms with Crippen LogP contribution >= 0.6 is 0 Å². The van der Waals surface area contributed by atoms with Gasteiger partial charge in [-0.2, -0.15) is 0 Å². The number of methoxy groups -OCH3 is 1. The average Bonchev–Trinajstić information content (AvgIpc) is 2.52. The van der Waals surface area contributed by atoms with Crippen LogP contribution in [-0.4, -0.2) is 39.0 Å². The third kappa shape index (κ3) is 4.40. The molecular weight excluding hydrogens is 178 g/mol. The quantitative estimate of drug-likeness (QED) is 0.705. The Hall–Kier alpha value is -0.120. The fourth-order valence-corrected chi connectivity index (χ4v) is 1.87. The molecule has 1 saturated heterocycles. The molecule has 3 heteroatoms. The van der Waals surface area contributed by atoms with Gasteiger partial charge in [-0.1, -0.05) is 6.92 Å². The number of rotatable bonds is 6. The first-order chi connectivity index (χ1) is 6.72. The van der Waals surface area contributed by atoms with Gasteiger partial charge in [0.1, 0.15) is 0 Å². The summed E-state index contributed by atoms with van der Waals surface area (Å²) >= 11 is 0. The second kappa shape index (κ2) is 6.38. The van der Waals surface area contributed by atoms with Gasteiger partial charge in [0.05, 0.1) is 12.2 Å². The standard InChI is InChI=1S/C11H23NO2/c1-9(8-13-3)6-12-7-11-5-4-10(2)14-11/h9-12H,4-8H2,1-3H3. The van der Waals surface area contributed by atoms with Crippen molar-refractivity contribution in [3.05, 3.63) is 0 Å². The topological polar surface area (TPSA) is 30.5 Å². The molecule has 0 saturated carbocycles. The van der Waals surface area contributed by atoms with Crippen molar-refractivity contribution in [2.24, 2.45) is 5.92 Å². The summed E-state index contributed by atoms with van der Waals surface area (Å²) in [5, 5.41) is 3.43. The van der Waals surface area contributed by atoms with Gasteiger partial charge in [0.25, 0.3) is 0 Å². The number of ether oxygens (including phenoxy) is 2. The molecule has 1 N–H and O–H groups in total. The maximum atomic E-state index is 5.71. The molecule has 1 fully saturated rings. The lowest BCUT2D eigenvalue weighted by molar-refractivity contribution is 0.0547. The molecule has 14 heavy (non-hydrogen) atoms. The summed E-state index contributed by atoms with van der Waals surface area (Å²) in [5.41, 5.74) is 0. The van der Waals surface area contributed by atoms with Crippen LogP contribution in [-0.2, 0) is 9.47 Å². The van der Waals surface area contributed by atoms with E-state index in [-0.39, 0.29) is 0 Å². The van der Waals surface area contributed by atoms with Gasteiger partial charge < -0.3 is 14.8 Å². The summed E-state index contributed by atoms with van der Waals surface area (Å²) in [4.78, 5) is 0. The summed E-state index contributed by atoms with van der Waals surface area (Å²) < 4.78 is 10.8. The molecule has 0 aliphatic carbocycles. The van der Waals surface area contributed by atoms with Crippen molar-refractivity contribution in [3.63, 3.8) is 0 Å². The summed E-state index contributed by atoms with van der Waals surface area (Å²) in [7, 11) is 1.75. The van der Waals surface area contributed by atoms with E-state index in [1.54, 1.807) is 7.11 Å². The predicted octanol–water partition coefficient (Wildman–Crippen LogP) is 1.43. The number of nitrogens with one attached hydrogen (secondary N) is 1. The molecule has 3 atom stereocenters. The Kier molecular flexibility index (Phi) is 5.45. The smallest absolute Gasteiger partial charge is 0.0704 e. The van der Waals surface area contributed by atoms with E-state index in [2.05, 4.69) is 19.2 Å². The van der Waals surface area contributed by atoms with Gasteiger partial charge >= 0.3 is 0 Å². The molecule has 1 aliphatic rings. The average molecular weight is 201 g/mol. The van der Waals surface area contributed by atoms with E-state index in [1.807, 2.05) is 0 Å². The molecule has 0 amide bonds. The Morgan fingerprint density at radius 2 is 2.29 bits per heavy atom. The molecule has 1 aliphatic heterocycles. The minimum atomic E-state index is 0.430. The molecule has 0 aromatic carbocycles. The number of hydrogen-bond donors (Lipinski definition) is 1. The first-order valence-electron chi connectivity index (χ1n) is 5.57. The van der Waals surface area contributed by atoms with Gasteiger partial charge in [0, 0.05) is 20.3 Å². The van der Waals surface area contributed by atoms with E-state index in [0.717, 1.165) is 19.7 Å². The predicted molar refractivity (Wildman–Crippen MR) is 57.5 cm³/mol. The molecule has 0 radical (unpaired) electrons. The second-order valence-corrected chi connectivity index (χ2v) is 4.36. The molecular formula is C11H23NO2. The Morgan fingerprint density at radius 1 is 1.50 bits per heavy atom. The van der Waals surface area contributed by atoms with Crippen molar-refractivity contribution in [3.8, 4) is 0 Å². The first kappa shape index (κ1) is 12.0. The summed E-state index contributed by atoms with van der Waals surface area (Å²) in [5.74, 6) is 0.582. The van der Waals surface area contributed by atoms with Crippen LogP contribution in [0.4, 0.5) is 0 Å². The van der Waals surface area contributed by atoms with Crippen molar-refractivity contribution in [2.45, 2.75) is 38.9 Å². The third-order valence-corrected chi connectivity index (χ3v) is 2.64. The molecule has 1 rings (SSSR count). The highest BCUT2D eigenvalue weighted by atomic mass is 16.5. The van der Waals surface area contributed by atoms with Gasteiger partial charge in [-0.25, -0.2) is 0 Å². The minimum absolute atomic E-state index is 0.430. The Balaban J connectivity index is 1.98. The lowest BCUT2D eigenvalue weighted by Crippen LogP contribution is -2.31. The third-order valence-electron chi connectivity index (χ3n) is 2.64. The Bertz CT molecular complexity index is 152. The molecule has 3 unspecified atom stereocenters. The van der Waals surface area contributed by atoms with Crippen molar-refractivity contribution in [1.29, 1.82) is 0 Å². The van der Waals surface area contributed by atoms with Crippen LogP contribution in [0.5, 0.6) is 0 Å². The highest BCUT2D eigenvalue weighted by Crippen LogP contribution is 2.18. The second-order valence-electron chi connectivity index (χ2n) is 4.36. The largest absolute Gasteiger partial charge is 0.384 e. The maximum Gasteiger partial charge on any atom is 0.0704 e. The zero-order chi connectivity index (χ0) is 10.4. The van der Waals surface area contributed by atoms with Crippen molar-refractivity contribution >= 4 is 0 Å². The summed E-state index contributed by atoms with van der Waals surface area (Å²) in [6.07, 6.45) is 3.30. The molecule has 3 nitrogen and oxygen atoms in total. The molecule has 0 aromatic heterocycles. The lowest BCUT2D eigenvalue weighted by atomic mass is 10.2. The summed E-state index contributed by atoms with van der Waals surface area (Å²) in [6.45, 7) is 7.16. The highest BCUT2D eigenvalue weighted by Gasteiger charge is 2.20. The van der Waals surface area contributed by atoms with E-state index < -0.39 is 0 Å². The zero-order valence-corrected chi connectivity index (χ0v) is 9.58. The van der Waals surface area contributed by atoms with E-state index >= 15 is 0 Å². The Labute approximate surface area is 87.2 Å². The molecule has 84 valence electrons. The zero-order valence-electron chi connectivity index (χ0n) is 9.58. The normalized spacial score (nSPS) is 29.4. The van der Waals surface area contributed by atoms with E-state index in [9.17, 15) is 0 Å². The van der Waals surface area contributed by atoms with E-state index in [1.165, 1.54) is 12.8 Å². The van der Waals surface area contributed by atoms with Gasteiger partial charge in [-0.3, -0.25) is 0 Å². The Morgan fingerprint density at radius 3 is 2.86 bits per heavy atom. The van der Waals surface area contributed by atoms with Crippen LogP contribution in [0.25, 0.3) is 0 Å².